The van der Waals surface area contributed by atoms with Gasteiger partial charge in [0.25, 0.3) is 5.91 Å². The molecule has 3 N–H and O–H groups in total. The molecule has 14 nitrogen and oxygen atoms in total. The van der Waals surface area contributed by atoms with E-state index in [0.29, 0.717) is 6.29 Å². The topological polar surface area (TPSA) is 175 Å². The van der Waals surface area contributed by atoms with Crippen LogP contribution in [-0.2, 0) is 44.7 Å². The number of hydrogen-bond acceptors (Lipinski definition) is 9. The molecule has 1 unspecified atom stereocenters. The standard InChI is InChI=1S/C45H74N6O8/c1-14-15-19-31(8)24-36-41(55)49(11)32(9)44(58)59-33(10)39(53)46-35(22-28(2)3)43(57)51(13)45(27-52,26-30(6)7)48-37(23-29(4)5)42(56)50(12)38(40(54)47-36)25-34-20-17-16-18-21-34/h16-18,20-21,27-33,35-38,48H,14-15,19,22-26H2,1-13H3,(H,46,53)(H,47,54)/t31-,32+,33-,35?,36+,37+,38+,45-/m1/s1. The van der Waals surface area contributed by atoms with E-state index in [2.05, 4.69) is 22.9 Å². The largest absolute Gasteiger partial charge is 0.451 e. The van der Waals surface area contributed by atoms with Crippen molar-refractivity contribution in [3.63, 3.8) is 0 Å². The Kier molecular flexibility index (Phi) is 20.2. The quantitative estimate of drug-likeness (QED) is 0.181. The van der Waals surface area contributed by atoms with E-state index in [9.17, 15) is 33.6 Å². The molecule has 1 aromatic rings. The number of carbonyl (C=O) groups excluding carboxylic acids is 7. The van der Waals surface area contributed by atoms with Gasteiger partial charge < -0.3 is 30.1 Å². The van der Waals surface area contributed by atoms with Crippen LogP contribution in [0.4, 0.5) is 0 Å². The lowest BCUT2D eigenvalue weighted by Crippen LogP contribution is -2.69. The summed E-state index contributed by atoms with van der Waals surface area (Å²) in [4.78, 5) is 103. The fourth-order valence-electron chi connectivity index (χ4n) is 7.61. The van der Waals surface area contributed by atoms with Crippen molar-refractivity contribution in [3.05, 3.63) is 35.9 Å². The van der Waals surface area contributed by atoms with Crippen molar-refractivity contribution in [1.29, 1.82) is 0 Å². The molecule has 1 aromatic carbocycles. The Hall–Kier alpha value is -4.33. The molecule has 0 bridgehead atoms. The molecule has 0 radical (unpaired) electrons. The van der Waals surface area contributed by atoms with E-state index in [4.69, 9.17) is 4.74 Å². The van der Waals surface area contributed by atoms with E-state index >= 15 is 0 Å². The average molecular weight is 827 g/mol. The molecule has 8 atom stereocenters. The average Bonchev–Trinajstić information content (AvgIpc) is 3.18. The molecule has 14 heteroatoms. The van der Waals surface area contributed by atoms with Gasteiger partial charge in [0, 0.05) is 27.6 Å². The normalized spacial score (nSPS) is 26.9. The molecule has 1 saturated heterocycles. The summed E-state index contributed by atoms with van der Waals surface area (Å²) in [6, 6.07) is 3.80. The number of likely N-dealkylation sites (N-methyl/N-ethyl adjacent to an activating group) is 3. The summed E-state index contributed by atoms with van der Waals surface area (Å²) in [6.45, 7) is 18.4. The van der Waals surface area contributed by atoms with Crippen LogP contribution in [0.15, 0.2) is 30.3 Å². The number of unbranched alkanes of at least 4 members (excludes halogenated alkanes) is 1. The zero-order chi connectivity index (χ0) is 44.8. The van der Waals surface area contributed by atoms with Crippen LogP contribution in [0.5, 0.6) is 0 Å². The number of hydrogen-bond donors (Lipinski definition) is 3. The van der Waals surface area contributed by atoms with Gasteiger partial charge in [-0.25, -0.2) is 4.79 Å². The summed E-state index contributed by atoms with van der Waals surface area (Å²) >= 11 is 0. The summed E-state index contributed by atoms with van der Waals surface area (Å²) in [5.41, 5.74) is -0.925. The van der Waals surface area contributed by atoms with Gasteiger partial charge in [-0.2, -0.15) is 0 Å². The minimum absolute atomic E-state index is 0.0246. The van der Waals surface area contributed by atoms with Crippen LogP contribution in [0.3, 0.4) is 0 Å². The molecule has 0 aromatic heterocycles. The van der Waals surface area contributed by atoms with Gasteiger partial charge >= 0.3 is 5.97 Å². The van der Waals surface area contributed by atoms with Crippen molar-refractivity contribution in [3.8, 4) is 0 Å². The highest BCUT2D eigenvalue weighted by atomic mass is 16.5. The summed E-state index contributed by atoms with van der Waals surface area (Å²) in [5, 5.41) is 9.03. The Morgan fingerprint density at radius 2 is 1.27 bits per heavy atom. The second kappa shape index (κ2) is 23.5. The van der Waals surface area contributed by atoms with Gasteiger partial charge in [-0.05, 0) is 68.8 Å². The fraction of sp³-hybridized carbons (Fsp3) is 0.711. The zero-order valence-electron chi connectivity index (χ0n) is 38.0. The van der Waals surface area contributed by atoms with E-state index in [-0.39, 0.29) is 55.8 Å². The molecule has 0 saturated carbocycles. The van der Waals surface area contributed by atoms with Crippen molar-refractivity contribution >= 4 is 41.8 Å². The van der Waals surface area contributed by atoms with Crippen molar-refractivity contribution < 1.29 is 38.3 Å². The third-order valence-electron chi connectivity index (χ3n) is 11.2. The summed E-state index contributed by atoms with van der Waals surface area (Å²) in [7, 11) is 4.46. The molecular weight excluding hydrogens is 753 g/mol. The molecular formula is C45H74N6O8. The van der Waals surface area contributed by atoms with Crippen LogP contribution < -0.4 is 16.0 Å². The van der Waals surface area contributed by atoms with Gasteiger partial charge in [-0.1, -0.05) is 105 Å². The third kappa shape index (κ3) is 14.7. The minimum Gasteiger partial charge on any atom is -0.451 e. The molecule has 1 aliphatic rings. The lowest BCUT2D eigenvalue weighted by Gasteiger charge is -2.44. The number of carbonyl (C=O) groups is 7. The smallest absolute Gasteiger partial charge is 0.329 e. The van der Waals surface area contributed by atoms with Crippen LogP contribution in [0.1, 0.15) is 120 Å². The van der Waals surface area contributed by atoms with Gasteiger partial charge in [0.2, 0.25) is 23.6 Å². The van der Waals surface area contributed by atoms with E-state index in [1.54, 1.807) is 0 Å². The number of nitrogens with one attached hydrogen (secondary N) is 3. The number of benzene rings is 1. The van der Waals surface area contributed by atoms with Crippen molar-refractivity contribution in [2.75, 3.05) is 21.1 Å². The van der Waals surface area contributed by atoms with Gasteiger partial charge in [-0.3, -0.25) is 34.1 Å². The lowest BCUT2D eigenvalue weighted by molar-refractivity contribution is -0.162. The maximum atomic E-state index is 14.9. The highest BCUT2D eigenvalue weighted by Crippen LogP contribution is 2.25. The number of nitrogens with zero attached hydrogens (tertiary/aromatic N) is 3. The fourth-order valence-corrected chi connectivity index (χ4v) is 7.61. The van der Waals surface area contributed by atoms with Crippen LogP contribution in [0.25, 0.3) is 0 Å². The first kappa shape index (κ1) is 50.8. The van der Waals surface area contributed by atoms with Gasteiger partial charge in [0.1, 0.15) is 24.2 Å². The van der Waals surface area contributed by atoms with Crippen molar-refractivity contribution in [2.24, 2.45) is 23.7 Å². The first-order valence-corrected chi connectivity index (χ1v) is 21.5. The van der Waals surface area contributed by atoms with Gasteiger partial charge in [0.15, 0.2) is 18.1 Å². The van der Waals surface area contributed by atoms with E-state index in [1.807, 2.05) is 78.8 Å². The predicted molar refractivity (Wildman–Crippen MR) is 229 cm³/mol. The number of aldehydes is 1. The first-order valence-electron chi connectivity index (χ1n) is 21.5. The predicted octanol–water partition coefficient (Wildman–Crippen LogP) is 4.48. The maximum Gasteiger partial charge on any atom is 0.329 e. The summed E-state index contributed by atoms with van der Waals surface area (Å²) < 4.78 is 5.59. The number of rotatable bonds is 14. The summed E-state index contributed by atoms with van der Waals surface area (Å²) in [6.07, 6.45) is 2.95. The van der Waals surface area contributed by atoms with Crippen molar-refractivity contribution in [1.82, 2.24) is 30.7 Å². The van der Waals surface area contributed by atoms with Gasteiger partial charge in [-0.15, -0.1) is 0 Å². The molecule has 59 heavy (non-hydrogen) atoms. The number of amides is 5. The number of cyclic esters (lactones) is 1. The molecule has 5 amide bonds. The number of ether oxygens (including phenoxy) is 1. The third-order valence-corrected chi connectivity index (χ3v) is 11.2. The second-order valence-corrected chi connectivity index (χ2v) is 18.0. The van der Waals surface area contributed by atoms with Crippen LogP contribution in [0.2, 0.25) is 0 Å². The lowest BCUT2D eigenvalue weighted by atomic mass is 9.92. The van der Waals surface area contributed by atoms with Crippen LogP contribution >= 0.6 is 0 Å². The minimum atomic E-state index is -1.70. The highest BCUT2D eigenvalue weighted by molar-refractivity contribution is 5.96. The Morgan fingerprint density at radius 3 is 1.81 bits per heavy atom. The summed E-state index contributed by atoms with van der Waals surface area (Å²) in [5.74, 6) is -3.97. The molecule has 0 aliphatic carbocycles. The molecule has 2 rings (SSSR count). The Bertz CT molecular complexity index is 1570. The van der Waals surface area contributed by atoms with E-state index < -0.39 is 77.5 Å². The molecule has 1 heterocycles. The van der Waals surface area contributed by atoms with E-state index in [0.717, 1.165) is 24.8 Å². The second-order valence-electron chi connectivity index (χ2n) is 18.0. The zero-order valence-corrected chi connectivity index (χ0v) is 38.0. The maximum absolute atomic E-state index is 14.9. The van der Waals surface area contributed by atoms with Crippen LogP contribution in [-0.4, -0.2) is 120 Å². The first-order chi connectivity index (χ1) is 27.6. The molecule has 1 aliphatic heterocycles. The van der Waals surface area contributed by atoms with Crippen LogP contribution in [0, 0.1) is 23.7 Å². The SMILES string of the molecule is CCCC[C@@H](C)C[C@@H]1NC(=O)[C@H](Cc2ccccc2)N(C)C(=O)[C@H](CC(C)C)N[C@](C=O)(CC(C)C)N(C)C(=O)C(CC(C)C)NC(=O)[C@@H](C)OC(=O)[C@H](C)N(C)C1=O. The Balaban J connectivity index is 2.90. The Morgan fingerprint density at radius 1 is 0.729 bits per heavy atom. The highest BCUT2D eigenvalue weighted by Gasteiger charge is 2.45. The Labute approximate surface area is 353 Å². The molecule has 0 spiro atoms. The molecule has 332 valence electrons. The van der Waals surface area contributed by atoms with Gasteiger partial charge in [0.05, 0.1) is 6.04 Å². The number of esters is 1. The molecule has 1 fully saturated rings. The van der Waals surface area contributed by atoms with E-state index in [1.165, 1.54) is 49.7 Å². The van der Waals surface area contributed by atoms with Crippen molar-refractivity contribution in [2.45, 2.75) is 163 Å². The monoisotopic (exact) mass is 827 g/mol.